The Kier molecular flexibility index (Phi) is 4.82. The highest BCUT2D eigenvalue weighted by Crippen LogP contribution is 2.19. The Bertz CT molecular complexity index is 621. The van der Waals surface area contributed by atoms with Gasteiger partial charge in [0.15, 0.2) is 6.61 Å². The summed E-state index contributed by atoms with van der Waals surface area (Å²) in [4.78, 5) is 11.9. The molecule has 2 aromatic rings. The summed E-state index contributed by atoms with van der Waals surface area (Å²) in [6.45, 7) is 4.00. The molecule has 110 valence electrons. The van der Waals surface area contributed by atoms with E-state index in [-0.39, 0.29) is 12.5 Å². The van der Waals surface area contributed by atoms with Crippen molar-refractivity contribution in [2.75, 3.05) is 17.7 Å². The third kappa shape index (κ3) is 4.24. The SMILES string of the molecule is CCc1ccc(OCC(=O)Nc2ccc(C)cc2N)cc1. The molecular weight excluding hydrogens is 264 g/mol. The van der Waals surface area contributed by atoms with E-state index in [2.05, 4.69) is 12.2 Å². The van der Waals surface area contributed by atoms with Crippen molar-refractivity contribution < 1.29 is 9.53 Å². The van der Waals surface area contributed by atoms with Crippen LogP contribution in [0.3, 0.4) is 0 Å². The molecule has 0 atom stereocenters. The molecule has 0 aliphatic carbocycles. The monoisotopic (exact) mass is 284 g/mol. The van der Waals surface area contributed by atoms with Crippen molar-refractivity contribution in [3.05, 3.63) is 53.6 Å². The van der Waals surface area contributed by atoms with Crippen LogP contribution in [0.25, 0.3) is 0 Å². The molecule has 0 bridgehead atoms. The van der Waals surface area contributed by atoms with Gasteiger partial charge in [-0.25, -0.2) is 0 Å². The zero-order valence-corrected chi connectivity index (χ0v) is 12.3. The molecule has 0 aliphatic heterocycles. The fourth-order valence-electron chi connectivity index (χ4n) is 1.95. The zero-order valence-electron chi connectivity index (χ0n) is 12.3. The van der Waals surface area contributed by atoms with Crippen LogP contribution in [0, 0.1) is 6.92 Å². The summed E-state index contributed by atoms with van der Waals surface area (Å²) in [7, 11) is 0. The fraction of sp³-hybridized carbons (Fsp3) is 0.235. The quantitative estimate of drug-likeness (QED) is 0.829. The van der Waals surface area contributed by atoms with E-state index in [9.17, 15) is 4.79 Å². The molecule has 2 rings (SSSR count). The van der Waals surface area contributed by atoms with Gasteiger partial charge in [-0.3, -0.25) is 4.79 Å². The largest absolute Gasteiger partial charge is 0.484 e. The van der Waals surface area contributed by atoms with Crippen LogP contribution in [0.1, 0.15) is 18.1 Å². The highest BCUT2D eigenvalue weighted by atomic mass is 16.5. The summed E-state index contributed by atoms with van der Waals surface area (Å²) in [6.07, 6.45) is 0.980. The Balaban J connectivity index is 1.89. The minimum absolute atomic E-state index is 0.0429. The van der Waals surface area contributed by atoms with Crippen molar-refractivity contribution >= 4 is 17.3 Å². The van der Waals surface area contributed by atoms with E-state index in [0.717, 1.165) is 12.0 Å². The van der Waals surface area contributed by atoms with Crippen LogP contribution in [-0.2, 0) is 11.2 Å². The number of hydrogen-bond acceptors (Lipinski definition) is 3. The summed E-state index contributed by atoms with van der Waals surface area (Å²) in [5, 5.41) is 2.74. The molecule has 0 aliphatic rings. The number of aryl methyl sites for hydroxylation is 2. The third-order valence-electron chi connectivity index (χ3n) is 3.18. The lowest BCUT2D eigenvalue weighted by molar-refractivity contribution is -0.118. The maximum atomic E-state index is 11.9. The predicted octanol–water partition coefficient (Wildman–Crippen LogP) is 3.16. The third-order valence-corrected chi connectivity index (χ3v) is 3.18. The molecule has 1 amide bonds. The van der Waals surface area contributed by atoms with Crippen LogP contribution in [0.15, 0.2) is 42.5 Å². The van der Waals surface area contributed by atoms with Crippen molar-refractivity contribution in [3.63, 3.8) is 0 Å². The number of carbonyl (C=O) groups is 1. The molecule has 0 saturated heterocycles. The van der Waals surface area contributed by atoms with Gasteiger partial charge < -0.3 is 15.8 Å². The average Bonchev–Trinajstić information content (AvgIpc) is 2.48. The summed E-state index contributed by atoms with van der Waals surface area (Å²) in [5.41, 5.74) is 9.30. The number of nitrogens with two attached hydrogens (primary N) is 1. The number of nitrogens with one attached hydrogen (secondary N) is 1. The number of carbonyl (C=O) groups excluding carboxylic acids is 1. The normalized spacial score (nSPS) is 10.2. The molecule has 0 unspecified atom stereocenters. The predicted molar refractivity (Wildman–Crippen MR) is 85.5 cm³/mol. The molecule has 0 fully saturated rings. The maximum Gasteiger partial charge on any atom is 0.262 e. The number of amides is 1. The minimum atomic E-state index is -0.231. The maximum absolute atomic E-state index is 11.9. The van der Waals surface area contributed by atoms with Crippen LogP contribution in [0.5, 0.6) is 5.75 Å². The lowest BCUT2D eigenvalue weighted by Gasteiger charge is -2.10. The molecule has 0 saturated carbocycles. The number of rotatable bonds is 5. The summed E-state index contributed by atoms with van der Waals surface area (Å²) < 4.78 is 5.45. The molecule has 4 heteroatoms. The average molecular weight is 284 g/mol. The second-order valence-electron chi connectivity index (χ2n) is 4.93. The van der Waals surface area contributed by atoms with Gasteiger partial charge in [0, 0.05) is 0 Å². The van der Waals surface area contributed by atoms with Crippen molar-refractivity contribution in [1.29, 1.82) is 0 Å². The van der Waals surface area contributed by atoms with E-state index in [4.69, 9.17) is 10.5 Å². The van der Waals surface area contributed by atoms with Crippen LogP contribution in [-0.4, -0.2) is 12.5 Å². The summed E-state index contributed by atoms with van der Waals surface area (Å²) in [5.74, 6) is 0.448. The lowest BCUT2D eigenvalue weighted by Crippen LogP contribution is -2.20. The van der Waals surface area contributed by atoms with Crippen LogP contribution >= 0.6 is 0 Å². The topological polar surface area (TPSA) is 64.3 Å². The van der Waals surface area contributed by atoms with Crippen LogP contribution in [0.4, 0.5) is 11.4 Å². The lowest BCUT2D eigenvalue weighted by atomic mass is 10.2. The van der Waals surface area contributed by atoms with Gasteiger partial charge in [-0.2, -0.15) is 0 Å². The molecule has 21 heavy (non-hydrogen) atoms. The van der Waals surface area contributed by atoms with E-state index in [1.807, 2.05) is 43.3 Å². The zero-order chi connectivity index (χ0) is 15.2. The van der Waals surface area contributed by atoms with Gasteiger partial charge in [-0.1, -0.05) is 25.1 Å². The van der Waals surface area contributed by atoms with Crippen LogP contribution in [0.2, 0.25) is 0 Å². The van der Waals surface area contributed by atoms with Gasteiger partial charge in [0.1, 0.15) is 5.75 Å². The molecule has 0 spiro atoms. The minimum Gasteiger partial charge on any atom is -0.484 e. The smallest absolute Gasteiger partial charge is 0.262 e. The Morgan fingerprint density at radius 3 is 2.52 bits per heavy atom. The number of nitrogen functional groups attached to an aromatic ring is 1. The number of ether oxygens (including phenoxy) is 1. The highest BCUT2D eigenvalue weighted by Gasteiger charge is 2.06. The Morgan fingerprint density at radius 1 is 1.19 bits per heavy atom. The first-order chi connectivity index (χ1) is 10.1. The highest BCUT2D eigenvalue weighted by molar-refractivity contribution is 5.94. The number of hydrogen-bond donors (Lipinski definition) is 2. The molecule has 0 aromatic heterocycles. The first kappa shape index (κ1) is 14.9. The summed E-state index contributed by atoms with van der Waals surface area (Å²) in [6, 6.07) is 13.2. The Morgan fingerprint density at radius 2 is 1.90 bits per heavy atom. The van der Waals surface area contributed by atoms with Gasteiger partial charge in [-0.05, 0) is 48.7 Å². The Hall–Kier alpha value is -2.49. The Labute approximate surface area is 124 Å². The fourth-order valence-corrected chi connectivity index (χ4v) is 1.95. The van der Waals surface area contributed by atoms with Gasteiger partial charge in [0.05, 0.1) is 11.4 Å². The van der Waals surface area contributed by atoms with Gasteiger partial charge >= 0.3 is 0 Å². The standard InChI is InChI=1S/C17H20N2O2/c1-3-13-5-7-14(8-6-13)21-11-17(20)19-16-9-4-12(2)10-15(16)18/h4-10H,3,11,18H2,1-2H3,(H,19,20). The van der Waals surface area contributed by atoms with E-state index >= 15 is 0 Å². The first-order valence-electron chi connectivity index (χ1n) is 6.96. The number of benzene rings is 2. The van der Waals surface area contributed by atoms with E-state index in [1.165, 1.54) is 5.56 Å². The number of anilines is 2. The van der Waals surface area contributed by atoms with Gasteiger partial charge in [0.25, 0.3) is 5.91 Å². The van der Waals surface area contributed by atoms with Crippen molar-refractivity contribution in [1.82, 2.24) is 0 Å². The van der Waals surface area contributed by atoms with Crippen molar-refractivity contribution in [2.45, 2.75) is 20.3 Å². The van der Waals surface area contributed by atoms with E-state index < -0.39 is 0 Å². The molecule has 2 aromatic carbocycles. The van der Waals surface area contributed by atoms with Gasteiger partial charge in [0.2, 0.25) is 0 Å². The molecule has 0 heterocycles. The first-order valence-corrected chi connectivity index (χ1v) is 6.96. The van der Waals surface area contributed by atoms with Crippen molar-refractivity contribution in [2.24, 2.45) is 0 Å². The summed E-state index contributed by atoms with van der Waals surface area (Å²) >= 11 is 0. The van der Waals surface area contributed by atoms with Gasteiger partial charge in [-0.15, -0.1) is 0 Å². The second kappa shape index (κ2) is 6.79. The van der Waals surface area contributed by atoms with E-state index in [1.54, 1.807) is 6.07 Å². The molecule has 0 radical (unpaired) electrons. The molecular formula is C17H20N2O2. The van der Waals surface area contributed by atoms with Crippen molar-refractivity contribution in [3.8, 4) is 5.75 Å². The van der Waals surface area contributed by atoms with E-state index in [0.29, 0.717) is 17.1 Å². The second-order valence-corrected chi connectivity index (χ2v) is 4.93. The molecule has 4 nitrogen and oxygen atoms in total. The van der Waals surface area contributed by atoms with Crippen LogP contribution < -0.4 is 15.8 Å². The molecule has 3 N–H and O–H groups in total.